The monoisotopic (exact) mass is 195 g/mol. The molecule has 0 radical (unpaired) electrons. The van der Waals surface area contributed by atoms with Crippen LogP contribution in [-0.4, -0.2) is 20.8 Å². The molecule has 1 heterocycles. The van der Waals surface area contributed by atoms with E-state index in [0.29, 0.717) is 12.4 Å². The van der Waals surface area contributed by atoms with Crippen LogP contribution in [-0.2, 0) is 0 Å². The second kappa shape index (κ2) is 3.38. The van der Waals surface area contributed by atoms with Gasteiger partial charge in [0.05, 0.1) is 20.3 Å². The maximum Gasteiger partial charge on any atom is 0.166 e. The minimum Gasteiger partial charge on any atom is -0.497 e. The molecule has 2 rings (SSSR count). The molecular formula is C10H13NO3. The Morgan fingerprint density at radius 1 is 1.36 bits per heavy atom. The van der Waals surface area contributed by atoms with Crippen LogP contribution in [0, 0.1) is 0 Å². The van der Waals surface area contributed by atoms with Crippen molar-refractivity contribution in [3.8, 4) is 17.2 Å². The second-order valence-corrected chi connectivity index (χ2v) is 3.17. The van der Waals surface area contributed by atoms with E-state index in [1.165, 1.54) is 0 Å². The van der Waals surface area contributed by atoms with Crippen LogP contribution in [0.1, 0.15) is 11.6 Å². The number of rotatable bonds is 2. The molecule has 0 saturated carbocycles. The Hall–Kier alpha value is -1.42. The van der Waals surface area contributed by atoms with E-state index in [1.807, 2.05) is 6.07 Å². The van der Waals surface area contributed by atoms with Gasteiger partial charge < -0.3 is 19.9 Å². The minimum atomic E-state index is -0.0889. The fourth-order valence-electron chi connectivity index (χ4n) is 1.56. The highest BCUT2D eigenvalue weighted by Crippen LogP contribution is 2.42. The third-order valence-corrected chi connectivity index (χ3v) is 2.32. The first kappa shape index (κ1) is 9.15. The van der Waals surface area contributed by atoms with Crippen molar-refractivity contribution in [3.05, 3.63) is 17.7 Å². The van der Waals surface area contributed by atoms with Crippen molar-refractivity contribution in [1.29, 1.82) is 0 Å². The third-order valence-electron chi connectivity index (χ3n) is 2.32. The summed E-state index contributed by atoms with van der Waals surface area (Å²) < 4.78 is 15.8. The van der Waals surface area contributed by atoms with Gasteiger partial charge in [0.25, 0.3) is 0 Å². The summed E-state index contributed by atoms with van der Waals surface area (Å²) in [6, 6.07) is 3.58. The van der Waals surface area contributed by atoms with Crippen LogP contribution in [0.25, 0.3) is 0 Å². The van der Waals surface area contributed by atoms with E-state index in [2.05, 4.69) is 0 Å². The molecule has 0 bridgehead atoms. The van der Waals surface area contributed by atoms with Gasteiger partial charge in [0.15, 0.2) is 11.5 Å². The Bertz CT molecular complexity index is 351. The van der Waals surface area contributed by atoms with E-state index < -0.39 is 0 Å². The van der Waals surface area contributed by atoms with Gasteiger partial charge >= 0.3 is 0 Å². The number of fused-ring (bicyclic) bond motifs is 1. The lowest BCUT2D eigenvalue weighted by atomic mass is 10.1. The largest absolute Gasteiger partial charge is 0.497 e. The molecule has 0 amide bonds. The van der Waals surface area contributed by atoms with Crippen LogP contribution in [0.4, 0.5) is 0 Å². The standard InChI is InChI=1S/C10H13NO3/c1-12-6-3-7-8(11)5-14-10(7)9(4-6)13-2/h3-4,8H,5,11H2,1-2H3/t8-/m1/s1. The van der Waals surface area contributed by atoms with E-state index in [4.69, 9.17) is 19.9 Å². The van der Waals surface area contributed by atoms with Gasteiger partial charge in [-0.1, -0.05) is 0 Å². The summed E-state index contributed by atoms with van der Waals surface area (Å²) in [4.78, 5) is 0. The second-order valence-electron chi connectivity index (χ2n) is 3.17. The highest BCUT2D eigenvalue weighted by molar-refractivity contribution is 5.54. The number of hydrogen-bond donors (Lipinski definition) is 1. The van der Waals surface area contributed by atoms with Gasteiger partial charge in [-0.2, -0.15) is 0 Å². The molecular weight excluding hydrogens is 182 g/mol. The Morgan fingerprint density at radius 3 is 2.79 bits per heavy atom. The molecule has 4 heteroatoms. The van der Waals surface area contributed by atoms with Gasteiger partial charge in [0, 0.05) is 11.6 Å². The zero-order valence-electron chi connectivity index (χ0n) is 8.24. The molecule has 14 heavy (non-hydrogen) atoms. The van der Waals surface area contributed by atoms with Crippen molar-refractivity contribution in [2.24, 2.45) is 5.73 Å². The number of methoxy groups -OCH3 is 2. The maximum absolute atomic E-state index is 5.86. The highest BCUT2D eigenvalue weighted by Gasteiger charge is 2.25. The number of ether oxygens (including phenoxy) is 3. The molecule has 0 aromatic heterocycles. The molecule has 1 atom stereocenters. The van der Waals surface area contributed by atoms with Crippen LogP contribution >= 0.6 is 0 Å². The zero-order valence-corrected chi connectivity index (χ0v) is 8.24. The summed E-state index contributed by atoms with van der Waals surface area (Å²) in [6.07, 6.45) is 0. The molecule has 0 unspecified atom stereocenters. The van der Waals surface area contributed by atoms with Crippen LogP contribution < -0.4 is 19.9 Å². The zero-order chi connectivity index (χ0) is 10.1. The quantitative estimate of drug-likeness (QED) is 0.767. The molecule has 76 valence electrons. The summed E-state index contributed by atoms with van der Waals surface area (Å²) >= 11 is 0. The third kappa shape index (κ3) is 1.28. The molecule has 4 nitrogen and oxygen atoms in total. The molecule has 1 aliphatic heterocycles. The van der Waals surface area contributed by atoms with Crippen molar-refractivity contribution < 1.29 is 14.2 Å². The predicted octanol–water partition coefficient (Wildman–Crippen LogP) is 1.10. The fourth-order valence-corrected chi connectivity index (χ4v) is 1.56. The van der Waals surface area contributed by atoms with Gasteiger partial charge in [0.1, 0.15) is 12.4 Å². The van der Waals surface area contributed by atoms with Crippen molar-refractivity contribution in [3.63, 3.8) is 0 Å². The first-order valence-electron chi connectivity index (χ1n) is 4.40. The molecule has 0 aliphatic carbocycles. The van der Waals surface area contributed by atoms with Gasteiger partial charge in [-0.15, -0.1) is 0 Å². The van der Waals surface area contributed by atoms with E-state index in [9.17, 15) is 0 Å². The number of nitrogens with two attached hydrogens (primary N) is 1. The first-order chi connectivity index (χ1) is 6.76. The van der Waals surface area contributed by atoms with Crippen molar-refractivity contribution >= 4 is 0 Å². The minimum absolute atomic E-state index is 0.0889. The van der Waals surface area contributed by atoms with Crippen LogP contribution in [0.2, 0.25) is 0 Å². The molecule has 1 aliphatic rings. The normalized spacial score (nSPS) is 18.6. The maximum atomic E-state index is 5.86. The highest BCUT2D eigenvalue weighted by atomic mass is 16.5. The average Bonchev–Trinajstić information content (AvgIpc) is 2.59. The van der Waals surface area contributed by atoms with Crippen molar-refractivity contribution in [2.75, 3.05) is 20.8 Å². The first-order valence-corrected chi connectivity index (χ1v) is 4.40. The van der Waals surface area contributed by atoms with Gasteiger partial charge in [-0.25, -0.2) is 0 Å². The Balaban J connectivity index is 2.52. The molecule has 0 fully saturated rings. The summed E-state index contributed by atoms with van der Waals surface area (Å²) in [5, 5.41) is 0. The predicted molar refractivity (Wildman–Crippen MR) is 52.0 cm³/mol. The smallest absolute Gasteiger partial charge is 0.166 e. The van der Waals surface area contributed by atoms with Crippen molar-refractivity contribution in [1.82, 2.24) is 0 Å². The van der Waals surface area contributed by atoms with Gasteiger partial charge in [0.2, 0.25) is 0 Å². The lowest BCUT2D eigenvalue weighted by Gasteiger charge is -2.09. The van der Waals surface area contributed by atoms with E-state index >= 15 is 0 Å². The summed E-state index contributed by atoms with van der Waals surface area (Å²) in [6.45, 7) is 0.499. The molecule has 1 aromatic rings. The molecule has 0 spiro atoms. The molecule has 2 N–H and O–H groups in total. The lowest BCUT2D eigenvalue weighted by Crippen LogP contribution is -2.10. The number of benzene rings is 1. The Kier molecular flexibility index (Phi) is 2.21. The molecule has 1 aromatic carbocycles. The fraction of sp³-hybridized carbons (Fsp3) is 0.400. The van der Waals surface area contributed by atoms with E-state index in [1.54, 1.807) is 20.3 Å². The van der Waals surface area contributed by atoms with Crippen LogP contribution in [0.5, 0.6) is 17.2 Å². The van der Waals surface area contributed by atoms with Crippen LogP contribution in [0.3, 0.4) is 0 Å². The summed E-state index contributed by atoms with van der Waals surface area (Å²) in [5.41, 5.74) is 6.80. The van der Waals surface area contributed by atoms with Crippen molar-refractivity contribution in [2.45, 2.75) is 6.04 Å². The number of hydrogen-bond acceptors (Lipinski definition) is 4. The topological polar surface area (TPSA) is 53.7 Å². The SMILES string of the molecule is COc1cc(OC)c2c(c1)[C@H](N)CO2. The van der Waals surface area contributed by atoms with Gasteiger partial charge in [-0.3, -0.25) is 0 Å². The van der Waals surface area contributed by atoms with E-state index in [-0.39, 0.29) is 6.04 Å². The summed E-state index contributed by atoms with van der Waals surface area (Å²) in [5.74, 6) is 2.15. The molecule has 0 saturated heterocycles. The van der Waals surface area contributed by atoms with E-state index in [0.717, 1.165) is 17.1 Å². The summed E-state index contributed by atoms with van der Waals surface area (Å²) in [7, 11) is 3.21. The average molecular weight is 195 g/mol. The Labute approximate surface area is 82.6 Å². The lowest BCUT2D eigenvalue weighted by molar-refractivity contribution is 0.310. The van der Waals surface area contributed by atoms with Crippen LogP contribution in [0.15, 0.2) is 12.1 Å². The Morgan fingerprint density at radius 2 is 2.14 bits per heavy atom. The van der Waals surface area contributed by atoms with Gasteiger partial charge in [-0.05, 0) is 6.07 Å².